The van der Waals surface area contributed by atoms with Crippen LogP contribution in [-0.4, -0.2) is 36.5 Å². The van der Waals surface area contributed by atoms with Gasteiger partial charge in [-0.3, -0.25) is 4.79 Å². The van der Waals surface area contributed by atoms with Crippen LogP contribution in [0.1, 0.15) is 18.4 Å². The SMILES string of the molecule is O=C(/C=C/c1ccoc1)NCC1CCN(C(=O)Oc2ccccc2)CC1. The van der Waals surface area contributed by atoms with E-state index < -0.39 is 0 Å². The average Bonchev–Trinajstić information content (AvgIpc) is 3.19. The van der Waals surface area contributed by atoms with E-state index in [9.17, 15) is 9.59 Å². The Labute approximate surface area is 152 Å². The van der Waals surface area contributed by atoms with Gasteiger partial charge in [-0.2, -0.15) is 0 Å². The number of ether oxygens (including phenoxy) is 1. The van der Waals surface area contributed by atoms with Gasteiger partial charge in [-0.25, -0.2) is 4.79 Å². The molecule has 2 amide bonds. The van der Waals surface area contributed by atoms with Crippen molar-refractivity contribution in [2.75, 3.05) is 19.6 Å². The number of amides is 2. The molecule has 2 heterocycles. The first-order valence-electron chi connectivity index (χ1n) is 8.70. The molecule has 0 aliphatic carbocycles. The summed E-state index contributed by atoms with van der Waals surface area (Å²) in [6.45, 7) is 1.88. The summed E-state index contributed by atoms with van der Waals surface area (Å²) < 4.78 is 10.3. The zero-order valence-corrected chi connectivity index (χ0v) is 14.5. The highest BCUT2D eigenvalue weighted by molar-refractivity contribution is 5.91. The van der Waals surface area contributed by atoms with Gasteiger partial charge >= 0.3 is 6.09 Å². The minimum absolute atomic E-state index is 0.128. The van der Waals surface area contributed by atoms with Crippen LogP contribution in [0.15, 0.2) is 59.4 Å². The van der Waals surface area contributed by atoms with E-state index in [1.807, 2.05) is 18.2 Å². The Kier molecular flexibility index (Phi) is 6.09. The molecule has 0 radical (unpaired) electrons. The number of para-hydroxylation sites is 1. The van der Waals surface area contributed by atoms with Crippen molar-refractivity contribution in [3.63, 3.8) is 0 Å². The van der Waals surface area contributed by atoms with E-state index >= 15 is 0 Å². The Bertz CT molecular complexity index is 732. The molecule has 0 spiro atoms. The van der Waals surface area contributed by atoms with Crippen molar-refractivity contribution in [3.05, 3.63) is 60.6 Å². The molecule has 1 aromatic carbocycles. The largest absolute Gasteiger partial charge is 0.472 e. The minimum atomic E-state index is -0.318. The summed E-state index contributed by atoms with van der Waals surface area (Å²) in [4.78, 5) is 25.7. The lowest BCUT2D eigenvalue weighted by molar-refractivity contribution is -0.116. The fraction of sp³-hybridized carbons (Fsp3) is 0.300. The van der Waals surface area contributed by atoms with E-state index in [0.29, 0.717) is 31.3 Å². The molecule has 26 heavy (non-hydrogen) atoms. The van der Waals surface area contributed by atoms with Crippen LogP contribution in [0, 0.1) is 5.92 Å². The van der Waals surface area contributed by atoms with Crippen LogP contribution in [-0.2, 0) is 4.79 Å². The fourth-order valence-electron chi connectivity index (χ4n) is 2.82. The second-order valence-electron chi connectivity index (χ2n) is 6.25. The first-order chi connectivity index (χ1) is 12.7. The molecule has 1 aliphatic rings. The summed E-state index contributed by atoms with van der Waals surface area (Å²) in [6, 6.07) is 10.8. The summed E-state index contributed by atoms with van der Waals surface area (Å²) in [5.41, 5.74) is 0.852. The van der Waals surface area contributed by atoms with Crippen molar-refractivity contribution < 1.29 is 18.7 Å². The zero-order valence-electron chi connectivity index (χ0n) is 14.5. The van der Waals surface area contributed by atoms with Gasteiger partial charge < -0.3 is 19.4 Å². The quantitative estimate of drug-likeness (QED) is 0.836. The van der Waals surface area contributed by atoms with Gasteiger partial charge in [0.05, 0.1) is 12.5 Å². The van der Waals surface area contributed by atoms with Crippen LogP contribution in [0.4, 0.5) is 4.79 Å². The molecule has 0 bridgehead atoms. The Morgan fingerprint density at radius 1 is 1.19 bits per heavy atom. The molecular formula is C20H22N2O4. The molecule has 1 saturated heterocycles. The molecule has 0 atom stereocenters. The molecule has 1 aliphatic heterocycles. The summed E-state index contributed by atoms with van der Waals surface area (Å²) >= 11 is 0. The smallest absolute Gasteiger partial charge is 0.415 e. The first kappa shape index (κ1) is 17.8. The standard InChI is InChI=1S/C20H22N2O4/c23-19(7-6-17-10-13-25-15-17)21-14-16-8-11-22(12-9-16)20(24)26-18-4-2-1-3-5-18/h1-7,10,13,15-16H,8-9,11-12,14H2,(H,21,23)/b7-6+. The predicted molar refractivity (Wildman–Crippen MR) is 97.5 cm³/mol. The van der Waals surface area contributed by atoms with E-state index in [-0.39, 0.29) is 12.0 Å². The van der Waals surface area contributed by atoms with E-state index in [0.717, 1.165) is 18.4 Å². The Morgan fingerprint density at radius 2 is 1.96 bits per heavy atom. The number of carbonyl (C=O) groups excluding carboxylic acids is 2. The molecule has 1 N–H and O–H groups in total. The summed E-state index contributed by atoms with van der Waals surface area (Å²) in [7, 11) is 0. The van der Waals surface area contributed by atoms with Gasteiger partial charge in [-0.05, 0) is 43.0 Å². The van der Waals surface area contributed by atoms with Gasteiger partial charge in [0.1, 0.15) is 5.75 Å². The predicted octanol–water partition coefficient (Wildman–Crippen LogP) is 3.32. The number of rotatable bonds is 5. The maximum absolute atomic E-state index is 12.2. The molecule has 1 aromatic heterocycles. The third-order valence-electron chi connectivity index (χ3n) is 4.36. The summed E-state index contributed by atoms with van der Waals surface area (Å²) in [5.74, 6) is 0.787. The number of nitrogens with zero attached hydrogens (tertiary/aromatic N) is 1. The van der Waals surface area contributed by atoms with Gasteiger partial charge in [0.25, 0.3) is 0 Å². The highest BCUT2D eigenvalue weighted by atomic mass is 16.6. The van der Waals surface area contributed by atoms with Gasteiger partial charge in [0.2, 0.25) is 5.91 Å². The van der Waals surface area contributed by atoms with Crippen molar-refractivity contribution in [3.8, 4) is 5.75 Å². The highest BCUT2D eigenvalue weighted by Gasteiger charge is 2.24. The lowest BCUT2D eigenvalue weighted by Crippen LogP contribution is -2.42. The molecule has 6 heteroatoms. The normalized spacial score (nSPS) is 15.2. The Balaban J connectivity index is 1.37. The third-order valence-corrected chi connectivity index (χ3v) is 4.36. The minimum Gasteiger partial charge on any atom is -0.472 e. The zero-order chi connectivity index (χ0) is 18.2. The van der Waals surface area contributed by atoms with Crippen molar-refractivity contribution in [2.45, 2.75) is 12.8 Å². The molecule has 1 fully saturated rings. The van der Waals surface area contributed by atoms with Crippen molar-refractivity contribution in [1.29, 1.82) is 0 Å². The number of hydrogen-bond acceptors (Lipinski definition) is 4. The highest BCUT2D eigenvalue weighted by Crippen LogP contribution is 2.18. The van der Waals surface area contributed by atoms with Gasteiger partial charge in [0, 0.05) is 31.3 Å². The number of piperidine rings is 1. The number of likely N-dealkylation sites (tertiary alicyclic amines) is 1. The number of nitrogens with one attached hydrogen (secondary N) is 1. The molecule has 0 saturated carbocycles. The first-order valence-corrected chi connectivity index (χ1v) is 8.70. The fourth-order valence-corrected chi connectivity index (χ4v) is 2.82. The number of benzene rings is 1. The van der Waals surface area contributed by atoms with E-state index in [1.54, 1.807) is 41.7 Å². The van der Waals surface area contributed by atoms with Crippen molar-refractivity contribution in [1.82, 2.24) is 10.2 Å². The maximum atomic E-state index is 12.2. The second-order valence-corrected chi connectivity index (χ2v) is 6.25. The lowest BCUT2D eigenvalue weighted by atomic mass is 9.97. The van der Waals surface area contributed by atoms with Gasteiger partial charge in [0.15, 0.2) is 0 Å². The summed E-state index contributed by atoms with van der Waals surface area (Å²) in [6.07, 6.45) is 7.72. The average molecular weight is 354 g/mol. The number of hydrogen-bond donors (Lipinski definition) is 1. The van der Waals surface area contributed by atoms with Crippen molar-refractivity contribution >= 4 is 18.1 Å². The molecule has 3 rings (SSSR count). The Morgan fingerprint density at radius 3 is 2.65 bits per heavy atom. The van der Waals surface area contributed by atoms with E-state index in [1.165, 1.54) is 6.08 Å². The third kappa shape index (κ3) is 5.24. The topological polar surface area (TPSA) is 71.8 Å². The molecule has 0 unspecified atom stereocenters. The molecule has 136 valence electrons. The monoisotopic (exact) mass is 354 g/mol. The molecule has 6 nitrogen and oxygen atoms in total. The van der Waals surface area contributed by atoms with Crippen LogP contribution in [0.2, 0.25) is 0 Å². The second kappa shape index (κ2) is 8.89. The number of furan rings is 1. The van der Waals surface area contributed by atoms with Crippen LogP contribution >= 0.6 is 0 Å². The molecule has 2 aromatic rings. The molecular weight excluding hydrogens is 332 g/mol. The van der Waals surface area contributed by atoms with Crippen LogP contribution in [0.25, 0.3) is 6.08 Å². The summed E-state index contributed by atoms with van der Waals surface area (Å²) in [5, 5.41) is 2.91. The van der Waals surface area contributed by atoms with E-state index in [2.05, 4.69) is 5.32 Å². The number of carbonyl (C=O) groups is 2. The van der Waals surface area contributed by atoms with Gasteiger partial charge in [-0.15, -0.1) is 0 Å². The van der Waals surface area contributed by atoms with Gasteiger partial charge in [-0.1, -0.05) is 18.2 Å². The van der Waals surface area contributed by atoms with Crippen molar-refractivity contribution in [2.24, 2.45) is 5.92 Å². The maximum Gasteiger partial charge on any atom is 0.415 e. The van der Waals surface area contributed by atoms with Crippen LogP contribution in [0.3, 0.4) is 0 Å². The van der Waals surface area contributed by atoms with Crippen LogP contribution in [0.5, 0.6) is 5.75 Å². The van der Waals surface area contributed by atoms with E-state index in [4.69, 9.17) is 9.15 Å². The lowest BCUT2D eigenvalue weighted by Gasteiger charge is -2.31. The Hall–Kier alpha value is -3.02. The van der Waals surface area contributed by atoms with Crippen LogP contribution < -0.4 is 10.1 Å².